The van der Waals surface area contributed by atoms with Crippen LogP contribution in [0, 0.1) is 0 Å². The minimum absolute atomic E-state index is 0.0954. The van der Waals surface area contributed by atoms with Crippen LogP contribution in [-0.2, 0) is 27.9 Å². The van der Waals surface area contributed by atoms with E-state index in [1.807, 2.05) is 18.2 Å². The van der Waals surface area contributed by atoms with Crippen LogP contribution >= 0.6 is 0 Å². The van der Waals surface area contributed by atoms with Gasteiger partial charge in [-0.15, -0.1) is 0 Å². The molecule has 2 aliphatic rings. The molecular formula is C26H36FN5O2. The van der Waals surface area contributed by atoms with Crippen LogP contribution in [0.5, 0.6) is 0 Å². The minimum Gasteiger partial charge on any atom is -0.462 e. The summed E-state index contributed by atoms with van der Waals surface area (Å²) in [6.45, 7) is 9.32. The lowest BCUT2D eigenvalue weighted by Crippen LogP contribution is -2.26. The number of ether oxygens (including phenoxy) is 1. The molecule has 1 atom stereocenters. The highest BCUT2D eigenvalue weighted by Crippen LogP contribution is 2.28. The minimum atomic E-state index is -0.283. The van der Waals surface area contributed by atoms with Crippen molar-refractivity contribution in [2.75, 3.05) is 13.6 Å². The normalized spacial score (nSPS) is 20.9. The van der Waals surface area contributed by atoms with Gasteiger partial charge in [0.25, 0.3) is 0 Å². The molecule has 0 bridgehead atoms. The van der Waals surface area contributed by atoms with E-state index in [9.17, 15) is 9.18 Å². The fraction of sp³-hybridized carbons (Fsp3) is 0.538. The molecule has 8 heteroatoms. The van der Waals surface area contributed by atoms with Gasteiger partial charge in [0, 0.05) is 44.8 Å². The van der Waals surface area contributed by atoms with Crippen LogP contribution in [0.1, 0.15) is 70.6 Å². The molecule has 1 aromatic rings. The topological polar surface area (TPSA) is 80.9 Å². The Balaban J connectivity index is 2.07. The maximum Gasteiger partial charge on any atom is 0.306 e. The first-order chi connectivity index (χ1) is 16.2. The van der Waals surface area contributed by atoms with Gasteiger partial charge in [0.2, 0.25) is 5.96 Å². The summed E-state index contributed by atoms with van der Waals surface area (Å²) in [6, 6.07) is 0. The number of aromatic nitrogens is 2. The summed E-state index contributed by atoms with van der Waals surface area (Å²) in [5.74, 6) is 1.06. The molecule has 0 aliphatic carbocycles. The summed E-state index contributed by atoms with van der Waals surface area (Å²) < 4.78 is 21.6. The van der Waals surface area contributed by atoms with E-state index in [-0.39, 0.29) is 23.3 Å². The molecular weight excluding hydrogens is 433 g/mol. The molecule has 0 spiro atoms. The van der Waals surface area contributed by atoms with Crippen molar-refractivity contribution in [2.45, 2.75) is 77.9 Å². The number of cyclic esters (lactones) is 1. The summed E-state index contributed by atoms with van der Waals surface area (Å²) in [5.41, 5.74) is 2.20. The third-order valence-corrected chi connectivity index (χ3v) is 5.82. The van der Waals surface area contributed by atoms with Crippen molar-refractivity contribution in [2.24, 2.45) is 9.98 Å². The van der Waals surface area contributed by atoms with Crippen molar-refractivity contribution in [1.82, 2.24) is 14.9 Å². The SMILES string of the molecule is C/C=C(F)\C=C/Cc1c(C2=NC(=NC)NCC=C2)nc(C(C)(C)C)n1CC[C@@H]1CCCC(=O)O1. The van der Waals surface area contributed by atoms with Crippen molar-refractivity contribution in [1.29, 1.82) is 0 Å². The lowest BCUT2D eigenvalue weighted by Gasteiger charge is -2.25. The average molecular weight is 470 g/mol. The maximum absolute atomic E-state index is 13.8. The summed E-state index contributed by atoms with van der Waals surface area (Å²) in [5, 5.41) is 3.16. The lowest BCUT2D eigenvalue weighted by molar-refractivity contribution is -0.154. The quantitative estimate of drug-likeness (QED) is 0.468. The lowest BCUT2D eigenvalue weighted by atomic mass is 9.95. The van der Waals surface area contributed by atoms with Gasteiger partial charge in [-0.25, -0.2) is 14.4 Å². The van der Waals surface area contributed by atoms with Crippen LogP contribution in [-0.4, -0.2) is 46.9 Å². The van der Waals surface area contributed by atoms with Crippen LogP contribution in [0.2, 0.25) is 0 Å². The van der Waals surface area contributed by atoms with Gasteiger partial charge in [0.1, 0.15) is 23.4 Å². The number of hydrogen-bond donors (Lipinski definition) is 1. The second-order valence-corrected chi connectivity index (χ2v) is 9.53. The molecule has 0 unspecified atom stereocenters. The molecule has 3 rings (SSSR count). The number of nitrogens with zero attached hydrogens (tertiary/aromatic N) is 4. The summed E-state index contributed by atoms with van der Waals surface area (Å²) >= 11 is 0. The van der Waals surface area contributed by atoms with Crippen molar-refractivity contribution < 1.29 is 13.9 Å². The molecule has 1 N–H and O–H groups in total. The van der Waals surface area contributed by atoms with Gasteiger partial charge in [-0.05, 0) is 31.9 Å². The zero-order valence-corrected chi connectivity index (χ0v) is 20.9. The Bertz CT molecular complexity index is 1040. The van der Waals surface area contributed by atoms with Gasteiger partial charge in [-0.2, -0.15) is 0 Å². The number of carbonyl (C=O) groups excluding carboxylic acids is 1. The zero-order chi connectivity index (χ0) is 24.7. The number of hydrogen-bond acceptors (Lipinski definition) is 4. The molecule has 34 heavy (non-hydrogen) atoms. The monoisotopic (exact) mass is 469 g/mol. The van der Waals surface area contributed by atoms with Gasteiger partial charge in [0.05, 0.1) is 11.4 Å². The highest BCUT2D eigenvalue weighted by molar-refractivity contribution is 6.13. The van der Waals surface area contributed by atoms with E-state index in [0.29, 0.717) is 44.0 Å². The summed E-state index contributed by atoms with van der Waals surface area (Å²) in [7, 11) is 1.70. The Labute approximate surface area is 201 Å². The molecule has 0 radical (unpaired) electrons. The Kier molecular flexibility index (Phi) is 8.58. The Hall–Kier alpha value is -3.03. The Morgan fingerprint density at radius 1 is 1.41 bits per heavy atom. The first-order valence-electron chi connectivity index (χ1n) is 12.0. The number of carbonyl (C=O) groups is 1. The predicted molar refractivity (Wildman–Crippen MR) is 134 cm³/mol. The summed E-state index contributed by atoms with van der Waals surface area (Å²) in [6.07, 6.45) is 12.0. The van der Waals surface area contributed by atoms with E-state index in [2.05, 4.69) is 35.6 Å². The van der Waals surface area contributed by atoms with E-state index in [0.717, 1.165) is 30.1 Å². The van der Waals surface area contributed by atoms with Crippen LogP contribution in [0.3, 0.4) is 0 Å². The van der Waals surface area contributed by atoms with Gasteiger partial charge in [-0.3, -0.25) is 9.79 Å². The number of allylic oxidation sites excluding steroid dienone is 5. The van der Waals surface area contributed by atoms with Crippen LogP contribution in [0.25, 0.3) is 0 Å². The van der Waals surface area contributed by atoms with E-state index >= 15 is 0 Å². The summed E-state index contributed by atoms with van der Waals surface area (Å²) in [4.78, 5) is 25.8. The number of halogens is 1. The van der Waals surface area contributed by atoms with Gasteiger partial charge in [-0.1, -0.05) is 39.0 Å². The van der Waals surface area contributed by atoms with E-state index in [4.69, 9.17) is 14.7 Å². The molecule has 0 aromatic carbocycles. The standard InChI is InChI=1S/C26H36FN5O2/c1-6-18(27)10-7-13-21-23(20-12-9-16-29-25(28-5)30-20)31-24(26(2,3)4)32(21)17-15-19-11-8-14-22(33)34-19/h6-7,9-10,12,19H,8,11,13-17H2,1-5H3,(H,28,29)/b10-7-,18-6+/t19-/m0/s1. The molecule has 184 valence electrons. The first-order valence-corrected chi connectivity index (χ1v) is 12.0. The van der Waals surface area contributed by atoms with Crippen molar-refractivity contribution in [3.8, 4) is 0 Å². The molecule has 1 fully saturated rings. The molecule has 1 saturated heterocycles. The van der Waals surface area contributed by atoms with Crippen LogP contribution in [0.4, 0.5) is 4.39 Å². The second kappa shape index (κ2) is 11.4. The molecule has 0 saturated carbocycles. The first kappa shape index (κ1) is 25.6. The maximum atomic E-state index is 13.8. The fourth-order valence-corrected chi connectivity index (χ4v) is 4.12. The molecule has 2 aliphatic heterocycles. The molecule has 1 aromatic heterocycles. The number of esters is 1. The van der Waals surface area contributed by atoms with Crippen LogP contribution < -0.4 is 5.32 Å². The largest absolute Gasteiger partial charge is 0.462 e. The van der Waals surface area contributed by atoms with Gasteiger partial charge < -0.3 is 14.6 Å². The third-order valence-electron chi connectivity index (χ3n) is 5.82. The van der Waals surface area contributed by atoms with E-state index in [1.54, 1.807) is 14.0 Å². The average Bonchev–Trinajstić information content (AvgIpc) is 2.99. The molecule has 3 heterocycles. The van der Waals surface area contributed by atoms with E-state index in [1.165, 1.54) is 12.2 Å². The number of nitrogens with one attached hydrogen (secondary N) is 1. The highest BCUT2D eigenvalue weighted by atomic mass is 19.1. The molecule has 7 nitrogen and oxygen atoms in total. The van der Waals surface area contributed by atoms with Gasteiger partial charge in [0.15, 0.2) is 0 Å². The highest BCUT2D eigenvalue weighted by Gasteiger charge is 2.28. The van der Waals surface area contributed by atoms with E-state index < -0.39 is 0 Å². The number of imidazole rings is 1. The van der Waals surface area contributed by atoms with Crippen molar-refractivity contribution in [3.63, 3.8) is 0 Å². The van der Waals surface area contributed by atoms with Gasteiger partial charge >= 0.3 is 5.97 Å². The zero-order valence-electron chi connectivity index (χ0n) is 20.9. The third kappa shape index (κ3) is 6.52. The molecule has 0 amide bonds. The predicted octanol–water partition coefficient (Wildman–Crippen LogP) is 4.57. The fourth-order valence-electron chi connectivity index (χ4n) is 4.12. The Morgan fingerprint density at radius 3 is 2.88 bits per heavy atom. The Morgan fingerprint density at radius 2 is 2.21 bits per heavy atom. The second-order valence-electron chi connectivity index (χ2n) is 9.53. The smallest absolute Gasteiger partial charge is 0.306 e. The number of guanidine groups is 1. The van der Waals surface area contributed by atoms with Crippen molar-refractivity contribution >= 4 is 17.6 Å². The number of rotatable bonds is 7. The van der Waals surface area contributed by atoms with Crippen LogP contribution in [0.15, 0.2) is 46.2 Å². The van der Waals surface area contributed by atoms with Crippen molar-refractivity contribution in [3.05, 3.63) is 53.4 Å². The number of aliphatic imine (C=N–C) groups is 2.